The quantitative estimate of drug-likeness (QED) is 0.443. The van der Waals surface area contributed by atoms with E-state index in [1.807, 2.05) is 18.4 Å². The zero-order chi connectivity index (χ0) is 21.8. The predicted molar refractivity (Wildman–Crippen MR) is 115 cm³/mol. The van der Waals surface area contributed by atoms with Gasteiger partial charge in [0.1, 0.15) is 23.7 Å². The monoisotopic (exact) mass is 416 g/mol. The SMILES string of the molecule is CC(C)n1cnnc1-c1cccc(NC(=O)c2cccc(C(=O)Nc3cnc[nH]3)c2)n1. The molecule has 3 N–H and O–H groups in total. The molecule has 10 heteroatoms. The number of rotatable bonds is 6. The molecule has 2 amide bonds. The third-order valence-electron chi connectivity index (χ3n) is 4.48. The fourth-order valence-electron chi connectivity index (χ4n) is 2.94. The summed E-state index contributed by atoms with van der Waals surface area (Å²) in [5.74, 6) is 0.713. The molecular weight excluding hydrogens is 396 g/mol. The normalized spacial score (nSPS) is 10.8. The number of carbonyl (C=O) groups is 2. The lowest BCUT2D eigenvalue weighted by Gasteiger charge is -2.11. The van der Waals surface area contributed by atoms with Gasteiger partial charge in [0.2, 0.25) is 0 Å². The van der Waals surface area contributed by atoms with Crippen LogP contribution in [0.5, 0.6) is 0 Å². The Kier molecular flexibility index (Phi) is 5.52. The first-order chi connectivity index (χ1) is 15.0. The topological polar surface area (TPSA) is 130 Å². The van der Waals surface area contributed by atoms with E-state index in [1.165, 1.54) is 18.6 Å². The fraction of sp³-hybridized carbons (Fsp3) is 0.143. The molecule has 0 bridgehead atoms. The number of benzene rings is 1. The predicted octanol–water partition coefficient (Wildman–Crippen LogP) is 3.15. The number of aromatic nitrogens is 6. The Morgan fingerprint density at radius 3 is 2.48 bits per heavy atom. The highest BCUT2D eigenvalue weighted by atomic mass is 16.2. The van der Waals surface area contributed by atoms with Crippen LogP contribution in [0.2, 0.25) is 0 Å². The Bertz CT molecular complexity index is 1210. The van der Waals surface area contributed by atoms with Crippen molar-refractivity contribution in [3.63, 3.8) is 0 Å². The van der Waals surface area contributed by atoms with Crippen LogP contribution in [-0.4, -0.2) is 41.5 Å². The van der Waals surface area contributed by atoms with E-state index in [0.29, 0.717) is 34.3 Å². The van der Waals surface area contributed by atoms with Crippen molar-refractivity contribution in [3.8, 4) is 11.5 Å². The first-order valence-electron chi connectivity index (χ1n) is 9.59. The maximum Gasteiger partial charge on any atom is 0.256 e. The molecular formula is C21H20N8O2. The standard InChI is InChI=1S/C21H20N8O2/c1-13(2)29-12-24-28-19(29)16-7-4-8-17(25-16)26-20(30)14-5-3-6-15(9-14)21(31)27-18-10-22-11-23-18/h3-13H,1-2H3,(H,22,23)(H,27,31)(H,25,26,30). The van der Waals surface area contributed by atoms with Gasteiger partial charge in [-0.25, -0.2) is 9.97 Å². The molecule has 0 radical (unpaired) electrons. The van der Waals surface area contributed by atoms with Gasteiger partial charge in [-0.2, -0.15) is 0 Å². The minimum atomic E-state index is -0.383. The minimum absolute atomic E-state index is 0.167. The number of carbonyl (C=O) groups excluding carboxylic acids is 2. The average molecular weight is 416 g/mol. The van der Waals surface area contributed by atoms with Crippen LogP contribution in [0.3, 0.4) is 0 Å². The molecule has 3 heterocycles. The number of nitrogens with zero attached hydrogens (tertiary/aromatic N) is 5. The molecule has 4 rings (SSSR count). The summed E-state index contributed by atoms with van der Waals surface area (Å²) < 4.78 is 1.90. The maximum atomic E-state index is 12.7. The summed E-state index contributed by atoms with van der Waals surface area (Å²) in [6, 6.07) is 11.9. The van der Waals surface area contributed by atoms with Crippen LogP contribution in [0.1, 0.15) is 40.6 Å². The van der Waals surface area contributed by atoms with Crippen LogP contribution in [0, 0.1) is 0 Å². The summed E-state index contributed by atoms with van der Waals surface area (Å²) in [6.45, 7) is 4.04. The smallest absolute Gasteiger partial charge is 0.256 e. The third-order valence-corrected chi connectivity index (χ3v) is 4.48. The molecule has 0 atom stereocenters. The largest absolute Gasteiger partial charge is 0.331 e. The maximum absolute atomic E-state index is 12.7. The van der Waals surface area contributed by atoms with Gasteiger partial charge in [0.15, 0.2) is 5.82 Å². The highest BCUT2D eigenvalue weighted by Gasteiger charge is 2.14. The van der Waals surface area contributed by atoms with Gasteiger partial charge < -0.3 is 20.2 Å². The molecule has 1 aromatic carbocycles. The molecule has 0 saturated heterocycles. The second-order valence-corrected chi connectivity index (χ2v) is 7.02. The first kappa shape index (κ1) is 20.0. The van der Waals surface area contributed by atoms with E-state index in [2.05, 4.69) is 35.8 Å². The lowest BCUT2D eigenvalue weighted by atomic mass is 10.1. The van der Waals surface area contributed by atoms with Gasteiger partial charge >= 0.3 is 0 Å². The summed E-state index contributed by atoms with van der Waals surface area (Å²) in [5, 5.41) is 13.5. The van der Waals surface area contributed by atoms with Gasteiger partial charge in [-0.15, -0.1) is 10.2 Å². The van der Waals surface area contributed by atoms with Crippen LogP contribution >= 0.6 is 0 Å². The van der Waals surface area contributed by atoms with Gasteiger partial charge in [0.25, 0.3) is 11.8 Å². The number of imidazole rings is 1. The molecule has 4 aromatic rings. The third kappa shape index (κ3) is 4.47. The Hall–Kier alpha value is -4.34. The highest BCUT2D eigenvalue weighted by Crippen LogP contribution is 2.20. The zero-order valence-corrected chi connectivity index (χ0v) is 16.9. The summed E-state index contributed by atoms with van der Waals surface area (Å²) in [6.07, 6.45) is 4.60. The molecule has 0 spiro atoms. The Morgan fingerprint density at radius 2 is 1.77 bits per heavy atom. The molecule has 0 aliphatic rings. The molecule has 0 aliphatic heterocycles. The second-order valence-electron chi connectivity index (χ2n) is 7.02. The Morgan fingerprint density at radius 1 is 1.03 bits per heavy atom. The first-order valence-corrected chi connectivity index (χ1v) is 9.59. The zero-order valence-electron chi connectivity index (χ0n) is 16.9. The number of hydrogen-bond donors (Lipinski definition) is 3. The van der Waals surface area contributed by atoms with E-state index in [9.17, 15) is 9.59 Å². The lowest BCUT2D eigenvalue weighted by molar-refractivity contribution is 0.102. The van der Waals surface area contributed by atoms with E-state index in [1.54, 1.807) is 42.7 Å². The van der Waals surface area contributed by atoms with Crippen molar-refractivity contribution in [1.82, 2.24) is 29.7 Å². The van der Waals surface area contributed by atoms with E-state index >= 15 is 0 Å². The van der Waals surface area contributed by atoms with Crippen LogP contribution in [0.25, 0.3) is 11.5 Å². The summed E-state index contributed by atoms with van der Waals surface area (Å²) in [4.78, 5) is 36.3. The van der Waals surface area contributed by atoms with E-state index in [0.717, 1.165) is 0 Å². The van der Waals surface area contributed by atoms with E-state index < -0.39 is 0 Å². The van der Waals surface area contributed by atoms with Crippen molar-refractivity contribution in [1.29, 1.82) is 0 Å². The Balaban J connectivity index is 1.51. The molecule has 0 fully saturated rings. The average Bonchev–Trinajstić information content (AvgIpc) is 3.46. The summed E-state index contributed by atoms with van der Waals surface area (Å²) in [7, 11) is 0. The van der Waals surface area contributed by atoms with Crippen LogP contribution in [0.4, 0.5) is 11.6 Å². The van der Waals surface area contributed by atoms with Gasteiger partial charge in [0.05, 0.1) is 12.5 Å². The number of nitrogens with one attached hydrogen (secondary N) is 3. The minimum Gasteiger partial charge on any atom is -0.331 e. The lowest BCUT2D eigenvalue weighted by Crippen LogP contribution is -2.16. The van der Waals surface area contributed by atoms with Crippen LogP contribution in [0.15, 0.2) is 61.3 Å². The van der Waals surface area contributed by atoms with Gasteiger partial charge in [-0.3, -0.25) is 9.59 Å². The van der Waals surface area contributed by atoms with Crippen molar-refractivity contribution in [2.45, 2.75) is 19.9 Å². The highest BCUT2D eigenvalue weighted by molar-refractivity contribution is 6.08. The molecule has 0 saturated carbocycles. The molecule has 0 unspecified atom stereocenters. The summed E-state index contributed by atoms with van der Waals surface area (Å²) in [5.41, 5.74) is 1.26. The number of H-pyrrole nitrogens is 1. The number of aromatic amines is 1. The van der Waals surface area contributed by atoms with Crippen LogP contribution in [-0.2, 0) is 0 Å². The second kappa shape index (κ2) is 8.57. The number of amides is 2. The molecule has 0 aliphatic carbocycles. The van der Waals surface area contributed by atoms with Crippen molar-refractivity contribution in [2.24, 2.45) is 0 Å². The van der Waals surface area contributed by atoms with Crippen molar-refractivity contribution >= 4 is 23.5 Å². The van der Waals surface area contributed by atoms with E-state index in [4.69, 9.17) is 0 Å². The molecule has 10 nitrogen and oxygen atoms in total. The molecule has 31 heavy (non-hydrogen) atoms. The van der Waals surface area contributed by atoms with Crippen molar-refractivity contribution in [2.75, 3.05) is 10.6 Å². The number of hydrogen-bond acceptors (Lipinski definition) is 6. The van der Waals surface area contributed by atoms with Crippen LogP contribution < -0.4 is 10.6 Å². The number of pyridine rings is 1. The van der Waals surface area contributed by atoms with Gasteiger partial charge in [-0.05, 0) is 44.2 Å². The van der Waals surface area contributed by atoms with Crippen molar-refractivity contribution in [3.05, 3.63) is 72.4 Å². The fourth-order valence-corrected chi connectivity index (χ4v) is 2.94. The number of anilines is 2. The van der Waals surface area contributed by atoms with Gasteiger partial charge in [0, 0.05) is 17.2 Å². The molecule has 156 valence electrons. The molecule has 3 aromatic heterocycles. The Labute approximate surface area is 177 Å². The summed E-state index contributed by atoms with van der Waals surface area (Å²) >= 11 is 0. The van der Waals surface area contributed by atoms with Gasteiger partial charge in [-0.1, -0.05) is 12.1 Å². The van der Waals surface area contributed by atoms with E-state index in [-0.39, 0.29) is 17.9 Å². The van der Waals surface area contributed by atoms with Crippen molar-refractivity contribution < 1.29 is 9.59 Å².